The second-order valence-corrected chi connectivity index (χ2v) is 5.52. The van der Waals surface area contributed by atoms with Crippen molar-refractivity contribution in [3.05, 3.63) is 0 Å². The van der Waals surface area contributed by atoms with Gasteiger partial charge in [0.05, 0.1) is 18.1 Å². The van der Waals surface area contributed by atoms with Crippen molar-refractivity contribution >= 4 is 11.8 Å². The number of hydrogen-bond donors (Lipinski definition) is 2. The van der Waals surface area contributed by atoms with E-state index in [2.05, 4.69) is 0 Å². The summed E-state index contributed by atoms with van der Waals surface area (Å²) in [5.74, 6) is -0.119. The Balaban J connectivity index is 1.82. The molecule has 2 heterocycles. The molecular weight excluding hydrogens is 232 g/mol. The Hall–Kier alpha value is 0.150. The maximum atomic E-state index is 9.80. The summed E-state index contributed by atoms with van der Waals surface area (Å²) >= 11 is 1.27. The third-order valence-corrected chi connectivity index (χ3v) is 3.48. The van der Waals surface area contributed by atoms with E-state index in [9.17, 15) is 5.11 Å². The standard InChI is InChI=1S/C10H18O5S/c1-10(2)14-8-3-7(13-9(8)15-10)6(12)4-16-5-11/h6-9,11-12H,3-5H2,1-2H3. The quantitative estimate of drug-likeness (QED) is 0.699. The molecule has 0 radical (unpaired) electrons. The number of ether oxygens (including phenoxy) is 3. The molecule has 0 spiro atoms. The molecule has 0 saturated carbocycles. The third kappa shape index (κ3) is 2.69. The number of fused-ring (bicyclic) bond motifs is 1. The van der Waals surface area contributed by atoms with Gasteiger partial charge in [-0.1, -0.05) is 0 Å². The van der Waals surface area contributed by atoms with Gasteiger partial charge in [0, 0.05) is 12.2 Å². The highest BCUT2D eigenvalue weighted by molar-refractivity contribution is 7.99. The highest BCUT2D eigenvalue weighted by Crippen LogP contribution is 2.38. The van der Waals surface area contributed by atoms with Crippen LogP contribution in [0.1, 0.15) is 20.3 Å². The molecule has 0 aromatic rings. The molecular formula is C10H18O5S. The fourth-order valence-corrected chi connectivity index (χ4v) is 2.63. The predicted molar refractivity (Wildman–Crippen MR) is 58.9 cm³/mol. The molecule has 4 atom stereocenters. The Morgan fingerprint density at radius 3 is 2.81 bits per heavy atom. The first-order chi connectivity index (χ1) is 7.52. The molecule has 5 nitrogen and oxygen atoms in total. The Morgan fingerprint density at radius 1 is 1.44 bits per heavy atom. The van der Waals surface area contributed by atoms with Crippen LogP contribution in [0.4, 0.5) is 0 Å². The van der Waals surface area contributed by atoms with E-state index in [4.69, 9.17) is 19.3 Å². The highest BCUT2D eigenvalue weighted by atomic mass is 32.2. The minimum Gasteiger partial charge on any atom is -0.390 e. The van der Waals surface area contributed by atoms with Crippen molar-refractivity contribution in [3.63, 3.8) is 0 Å². The van der Waals surface area contributed by atoms with Crippen LogP contribution >= 0.6 is 11.8 Å². The Bertz CT molecular complexity index is 231. The molecule has 2 fully saturated rings. The zero-order valence-electron chi connectivity index (χ0n) is 9.46. The number of thioether (sulfide) groups is 1. The van der Waals surface area contributed by atoms with E-state index in [0.29, 0.717) is 12.2 Å². The van der Waals surface area contributed by atoms with Crippen LogP contribution in [0.5, 0.6) is 0 Å². The summed E-state index contributed by atoms with van der Waals surface area (Å²) in [6, 6.07) is 0. The minimum atomic E-state index is -0.592. The zero-order chi connectivity index (χ0) is 11.8. The smallest absolute Gasteiger partial charge is 0.187 e. The number of aliphatic hydroxyl groups excluding tert-OH is 2. The Kier molecular flexibility index (Phi) is 3.78. The summed E-state index contributed by atoms with van der Waals surface area (Å²) in [6.07, 6.45) is -0.660. The average molecular weight is 250 g/mol. The first kappa shape index (κ1) is 12.6. The molecule has 4 unspecified atom stereocenters. The van der Waals surface area contributed by atoms with Gasteiger partial charge in [-0.2, -0.15) is 0 Å². The molecule has 0 aliphatic carbocycles. The van der Waals surface area contributed by atoms with E-state index in [0.717, 1.165) is 0 Å². The van der Waals surface area contributed by atoms with Crippen LogP contribution in [0, 0.1) is 0 Å². The molecule has 94 valence electrons. The molecule has 0 aromatic heterocycles. The van der Waals surface area contributed by atoms with Gasteiger partial charge in [-0.05, 0) is 13.8 Å². The maximum Gasteiger partial charge on any atom is 0.187 e. The number of rotatable bonds is 4. The van der Waals surface area contributed by atoms with Crippen LogP contribution in [0.25, 0.3) is 0 Å². The van der Waals surface area contributed by atoms with E-state index in [1.54, 1.807) is 0 Å². The van der Waals surface area contributed by atoms with Crippen LogP contribution in [-0.4, -0.2) is 52.3 Å². The van der Waals surface area contributed by atoms with Crippen molar-refractivity contribution in [3.8, 4) is 0 Å². The number of hydrogen-bond acceptors (Lipinski definition) is 6. The van der Waals surface area contributed by atoms with E-state index in [1.807, 2.05) is 13.8 Å². The van der Waals surface area contributed by atoms with Gasteiger partial charge in [0.2, 0.25) is 0 Å². The topological polar surface area (TPSA) is 68.2 Å². The summed E-state index contributed by atoms with van der Waals surface area (Å²) in [5.41, 5.74) is 0. The fourth-order valence-electron chi connectivity index (χ4n) is 2.06. The van der Waals surface area contributed by atoms with Gasteiger partial charge in [0.25, 0.3) is 0 Å². The van der Waals surface area contributed by atoms with Crippen molar-refractivity contribution < 1.29 is 24.4 Å². The summed E-state index contributed by atoms with van der Waals surface area (Å²) < 4.78 is 16.8. The van der Waals surface area contributed by atoms with Gasteiger partial charge in [-0.15, -0.1) is 11.8 Å². The lowest BCUT2D eigenvalue weighted by Crippen LogP contribution is -2.32. The Morgan fingerprint density at radius 2 is 2.19 bits per heavy atom. The largest absolute Gasteiger partial charge is 0.390 e. The maximum absolute atomic E-state index is 9.80. The summed E-state index contributed by atoms with van der Waals surface area (Å²) in [6.45, 7) is 3.70. The van der Waals surface area contributed by atoms with Gasteiger partial charge in [0.1, 0.15) is 6.10 Å². The van der Waals surface area contributed by atoms with E-state index in [1.165, 1.54) is 11.8 Å². The molecule has 2 rings (SSSR count). The zero-order valence-corrected chi connectivity index (χ0v) is 10.3. The highest BCUT2D eigenvalue weighted by Gasteiger charge is 2.49. The second kappa shape index (κ2) is 4.80. The van der Waals surface area contributed by atoms with Crippen LogP contribution < -0.4 is 0 Å². The Labute approximate surface area is 99.1 Å². The van der Waals surface area contributed by atoms with Crippen molar-refractivity contribution in [2.75, 3.05) is 11.7 Å². The van der Waals surface area contributed by atoms with Gasteiger partial charge in [-0.25, -0.2) is 0 Å². The molecule has 16 heavy (non-hydrogen) atoms. The van der Waals surface area contributed by atoms with Gasteiger partial charge in [0.15, 0.2) is 12.1 Å². The lowest BCUT2D eigenvalue weighted by molar-refractivity contribution is -0.212. The molecule has 2 aliphatic heterocycles. The molecule has 0 amide bonds. The van der Waals surface area contributed by atoms with Crippen molar-refractivity contribution in [1.82, 2.24) is 0 Å². The van der Waals surface area contributed by atoms with Gasteiger partial charge in [-0.3, -0.25) is 0 Å². The van der Waals surface area contributed by atoms with Crippen LogP contribution in [-0.2, 0) is 14.2 Å². The SMILES string of the molecule is CC1(C)OC2CC(C(O)CSCO)OC2O1. The van der Waals surface area contributed by atoms with Crippen molar-refractivity contribution in [2.45, 2.75) is 50.7 Å². The molecule has 0 bridgehead atoms. The van der Waals surface area contributed by atoms with E-state index in [-0.39, 0.29) is 24.4 Å². The van der Waals surface area contributed by atoms with Crippen LogP contribution in [0.2, 0.25) is 0 Å². The molecule has 2 aliphatic rings. The minimum absolute atomic E-state index is 0.0106. The van der Waals surface area contributed by atoms with Gasteiger partial charge < -0.3 is 24.4 Å². The number of aliphatic hydroxyl groups is 2. The fraction of sp³-hybridized carbons (Fsp3) is 1.00. The normalized spacial score (nSPS) is 38.6. The second-order valence-electron chi connectivity index (χ2n) is 4.52. The predicted octanol–water partition coefficient (Wildman–Crippen LogP) is 0.297. The lowest BCUT2D eigenvalue weighted by atomic mass is 10.1. The first-order valence-corrected chi connectivity index (χ1v) is 6.55. The van der Waals surface area contributed by atoms with Crippen LogP contribution in [0.3, 0.4) is 0 Å². The molecule has 2 N–H and O–H groups in total. The summed E-state index contributed by atoms with van der Waals surface area (Å²) in [5, 5.41) is 18.4. The average Bonchev–Trinajstić information content (AvgIpc) is 2.67. The monoisotopic (exact) mass is 250 g/mol. The van der Waals surface area contributed by atoms with Gasteiger partial charge >= 0.3 is 0 Å². The molecule has 2 saturated heterocycles. The summed E-state index contributed by atoms with van der Waals surface area (Å²) in [4.78, 5) is 0. The van der Waals surface area contributed by atoms with E-state index < -0.39 is 11.9 Å². The third-order valence-electron chi connectivity index (χ3n) is 2.72. The summed E-state index contributed by atoms with van der Waals surface area (Å²) in [7, 11) is 0. The van der Waals surface area contributed by atoms with Crippen molar-refractivity contribution in [1.29, 1.82) is 0 Å². The van der Waals surface area contributed by atoms with Crippen LogP contribution in [0.15, 0.2) is 0 Å². The molecule has 6 heteroatoms. The first-order valence-electron chi connectivity index (χ1n) is 5.39. The van der Waals surface area contributed by atoms with Crippen molar-refractivity contribution in [2.24, 2.45) is 0 Å². The molecule has 0 aromatic carbocycles. The van der Waals surface area contributed by atoms with E-state index >= 15 is 0 Å². The lowest BCUT2D eigenvalue weighted by Gasteiger charge is -2.22.